The number of aliphatic hydroxyl groups is 1. The molecule has 0 bridgehead atoms. The molecule has 0 aromatic heterocycles. The fourth-order valence-corrected chi connectivity index (χ4v) is 5.12. The molecule has 35 heavy (non-hydrogen) atoms. The molecule has 1 aromatic rings. The van der Waals surface area contributed by atoms with Gasteiger partial charge in [-0.15, -0.1) is 0 Å². The van der Waals surface area contributed by atoms with Crippen LogP contribution in [0.3, 0.4) is 0 Å². The van der Waals surface area contributed by atoms with Crippen molar-refractivity contribution in [3.05, 3.63) is 18.2 Å². The Labute approximate surface area is 204 Å². The first-order chi connectivity index (χ1) is 17.0. The molecule has 0 saturated carbocycles. The summed E-state index contributed by atoms with van der Waals surface area (Å²) in [7, 11) is 2.06. The van der Waals surface area contributed by atoms with E-state index in [1.807, 2.05) is 4.90 Å². The van der Waals surface area contributed by atoms with Crippen LogP contribution in [0.25, 0.3) is 0 Å². The fraction of sp³-hybridized carbons (Fsp3) is 0.667. The number of carbonyl (C=O) groups is 2. The number of ether oxygens (including phenoxy) is 4. The Hall–Kier alpha value is -2.60. The Morgan fingerprint density at radius 1 is 1.09 bits per heavy atom. The molecule has 0 aliphatic carbocycles. The number of β-amino-alcohol motifs (C(OH)–C–C–N with tert-alkyl or cyclic N) is 1. The summed E-state index contributed by atoms with van der Waals surface area (Å²) in [6.45, 7) is 3.90. The third-order valence-electron chi connectivity index (χ3n) is 7.12. The zero-order valence-corrected chi connectivity index (χ0v) is 20.1. The minimum Gasteiger partial charge on any atom is -0.454 e. The van der Waals surface area contributed by atoms with Crippen LogP contribution in [-0.4, -0.2) is 116 Å². The second kappa shape index (κ2) is 10.6. The number of urea groups is 1. The van der Waals surface area contributed by atoms with Gasteiger partial charge in [-0.2, -0.15) is 0 Å². The van der Waals surface area contributed by atoms with E-state index >= 15 is 0 Å². The van der Waals surface area contributed by atoms with Gasteiger partial charge in [0.15, 0.2) is 11.5 Å². The van der Waals surface area contributed by atoms with Gasteiger partial charge in [-0.25, -0.2) is 4.79 Å². The molecule has 3 fully saturated rings. The van der Waals surface area contributed by atoms with Gasteiger partial charge in [-0.3, -0.25) is 4.79 Å². The first-order valence-corrected chi connectivity index (χ1v) is 12.3. The number of nitrogens with zero attached hydrogens (tertiary/aromatic N) is 3. The lowest BCUT2D eigenvalue weighted by atomic mass is 9.94. The Morgan fingerprint density at radius 3 is 2.71 bits per heavy atom. The molecule has 4 aliphatic heterocycles. The van der Waals surface area contributed by atoms with E-state index in [1.54, 1.807) is 23.1 Å². The van der Waals surface area contributed by atoms with E-state index in [0.29, 0.717) is 36.4 Å². The lowest BCUT2D eigenvalue weighted by molar-refractivity contribution is -0.155. The highest BCUT2D eigenvalue weighted by Gasteiger charge is 2.40. The molecular formula is C24H34N4O7. The summed E-state index contributed by atoms with van der Waals surface area (Å²) in [6.07, 6.45) is 0.272. The summed E-state index contributed by atoms with van der Waals surface area (Å²) >= 11 is 0. The molecule has 0 unspecified atom stereocenters. The van der Waals surface area contributed by atoms with Crippen molar-refractivity contribution in [2.24, 2.45) is 0 Å². The number of anilines is 1. The lowest BCUT2D eigenvalue weighted by Crippen LogP contribution is -2.58. The summed E-state index contributed by atoms with van der Waals surface area (Å²) in [5.41, 5.74) is 0.580. The number of hydrogen-bond donors (Lipinski definition) is 2. The van der Waals surface area contributed by atoms with Crippen molar-refractivity contribution in [3.63, 3.8) is 0 Å². The highest BCUT2D eigenvalue weighted by Crippen LogP contribution is 2.35. The van der Waals surface area contributed by atoms with Gasteiger partial charge in [-0.05, 0) is 32.0 Å². The van der Waals surface area contributed by atoms with Gasteiger partial charge in [0.2, 0.25) is 12.7 Å². The first kappa shape index (κ1) is 24.1. The van der Waals surface area contributed by atoms with E-state index in [0.717, 1.165) is 26.2 Å². The van der Waals surface area contributed by atoms with Gasteiger partial charge in [0.25, 0.3) is 0 Å². The maximum Gasteiger partial charge on any atom is 0.322 e. The summed E-state index contributed by atoms with van der Waals surface area (Å²) in [5, 5.41) is 13.3. The Morgan fingerprint density at radius 2 is 1.89 bits per heavy atom. The second-order valence-electron chi connectivity index (χ2n) is 9.67. The molecule has 4 atom stereocenters. The third kappa shape index (κ3) is 5.64. The molecule has 0 radical (unpaired) electrons. The quantitative estimate of drug-likeness (QED) is 0.638. The minimum atomic E-state index is -0.796. The minimum absolute atomic E-state index is 0.112. The molecule has 11 nitrogen and oxygen atoms in total. The second-order valence-corrected chi connectivity index (χ2v) is 9.67. The lowest BCUT2D eigenvalue weighted by Gasteiger charge is -2.44. The standard InChI is InChI=1S/C24H34N4O7/c1-26-6-8-27(9-7-26)23(30)11-18-3-4-19-22(35-18)14-32-13-17(29)12-28(19)24(31)25-16-2-5-20-21(10-16)34-15-33-20/h2,5,10,17-19,22,29H,3-4,6-9,11-15H2,1H3,(H,25,31)/t17-,18-,19-,22+/m1/s1. The Balaban J connectivity index is 1.23. The van der Waals surface area contributed by atoms with E-state index in [1.165, 1.54) is 0 Å². The van der Waals surface area contributed by atoms with Crippen LogP contribution in [-0.2, 0) is 14.3 Å². The van der Waals surface area contributed by atoms with Crippen LogP contribution in [0.15, 0.2) is 18.2 Å². The molecule has 4 aliphatic rings. The fourth-order valence-electron chi connectivity index (χ4n) is 5.12. The molecule has 1 aromatic carbocycles. The van der Waals surface area contributed by atoms with Crippen molar-refractivity contribution in [3.8, 4) is 11.5 Å². The van der Waals surface area contributed by atoms with E-state index in [2.05, 4.69) is 17.3 Å². The maximum absolute atomic E-state index is 13.3. The number of hydrogen-bond acceptors (Lipinski definition) is 8. The highest BCUT2D eigenvalue weighted by atomic mass is 16.7. The van der Waals surface area contributed by atoms with Crippen molar-refractivity contribution in [1.29, 1.82) is 0 Å². The van der Waals surface area contributed by atoms with Crippen LogP contribution >= 0.6 is 0 Å². The van der Waals surface area contributed by atoms with Gasteiger partial charge < -0.3 is 44.1 Å². The third-order valence-corrected chi connectivity index (χ3v) is 7.12. The van der Waals surface area contributed by atoms with Crippen LogP contribution in [0.5, 0.6) is 11.5 Å². The van der Waals surface area contributed by atoms with Gasteiger partial charge >= 0.3 is 6.03 Å². The van der Waals surface area contributed by atoms with Gasteiger partial charge in [0, 0.05) is 37.9 Å². The number of benzene rings is 1. The highest BCUT2D eigenvalue weighted by molar-refractivity contribution is 5.90. The normalized spacial score (nSPS) is 29.2. The van der Waals surface area contributed by atoms with Crippen LogP contribution < -0.4 is 14.8 Å². The first-order valence-electron chi connectivity index (χ1n) is 12.3. The number of aliphatic hydroxyl groups excluding tert-OH is 1. The number of carbonyl (C=O) groups excluding carboxylic acids is 2. The molecular weight excluding hydrogens is 456 g/mol. The maximum atomic E-state index is 13.3. The number of rotatable bonds is 3. The van der Waals surface area contributed by atoms with Gasteiger partial charge in [0.1, 0.15) is 6.10 Å². The average molecular weight is 491 g/mol. The number of fused-ring (bicyclic) bond motifs is 2. The number of likely N-dealkylation sites (N-methyl/N-ethyl adjacent to an activating group) is 1. The molecule has 0 spiro atoms. The molecule has 192 valence electrons. The average Bonchev–Trinajstić information content (AvgIpc) is 3.30. The van der Waals surface area contributed by atoms with E-state index in [-0.39, 0.29) is 56.7 Å². The molecule has 2 N–H and O–H groups in total. The van der Waals surface area contributed by atoms with Gasteiger partial charge in [0.05, 0.1) is 44.4 Å². The van der Waals surface area contributed by atoms with Crippen LogP contribution in [0.2, 0.25) is 0 Å². The van der Waals surface area contributed by atoms with Crippen molar-refractivity contribution in [2.75, 3.05) is 65.1 Å². The van der Waals surface area contributed by atoms with E-state index in [9.17, 15) is 14.7 Å². The molecule has 4 heterocycles. The van der Waals surface area contributed by atoms with Crippen molar-refractivity contribution < 1.29 is 33.6 Å². The monoisotopic (exact) mass is 490 g/mol. The van der Waals surface area contributed by atoms with Crippen LogP contribution in [0.4, 0.5) is 10.5 Å². The van der Waals surface area contributed by atoms with Crippen molar-refractivity contribution in [1.82, 2.24) is 14.7 Å². The van der Waals surface area contributed by atoms with E-state index in [4.69, 9.17) is 18.9 Å². The predicted molar refractivity (Wildman–Crippen MR) is 125 cm³/mol. The summed E-state index contributed by atoms with van der Waals surface area (Å²) < 4.78 is 22.7. The molecule has 11 heteroatoms. The summed E-state index contributed by atoms with van der Waals surface area (Å²) in [5.74, 6) is 1.33. The predicted octanol–water partition coefficient (Wildman–Crippen LogP) is 0.721. The zero-order chi connectivity index (χ0) is 24.4. The Bertz CT molecular complexity index is 923. The molecule has 5 rings (SSSR count). The number of amides is 3. The van der Waals surface area contributed by atoms with Gasteiger partial charge in [-0.1, -0.05) is 0 Å². The zero-order valence-electron chi connectivity index (χ0n) is 20.1. The Kier molecular flexibility index (Phi) is 7.28. The van der Waals surface area contributed by atoms with Crippen molar-refractivity contribution in [2.45, 2.75) is 43.6 Å². The summed E-state index contributed by atoms with van der Waals surface area (Å²) in [4.78, 5) is 31.9. The topological polar surface area (TPSA) is 113 Å². The van der Waals surface area contributed by atoms with Crippen molar-refractivity contribution >= 4 is 17.6 Å². The van der Waals surface area contributed by atoms with Crippen LogP contribution in [0.1, 0.15) is 19.3 Å². The largest absolute Gasteiger partial charge is 0.454 e. The number of piperazine rings is 1. The van der Waals surface area contributed by atoms with E-state index < -0.39 is 6.10 Å². The molecule has 3 saturated heterocycles. The smallest absolute Gasteiger partial charge is 0.322 e. The number of nitrogens with one attached hydrogen (secondary N) is 1. The SMILES string of the molecule is CN1CCN(C(=O)C[C@H]2CC[C@@H]3[C@H](COC[C@H](O)CN3C(=O)Nc3ccc4c(c3)OCO4)O2)CC1. The summed E-state index contributed by atoms with van der Waals surface area (Å²) in [6, 6.07) is 4.63. The molecule has 3 amide bonds. The van der Waals surface area contributed by atoms with Crippen LogP contribution in [0, 0.1) is 0 Å².